The maximum Gasteiger partial charge on any atom is 0.234 e. The van der Waals surface area contributed by atoms with Gasteiger partial charge in [0.25, 0.3) is 0 Å². The third kappa shape index (κ3) is 6.24. The Kier molecular flexibility index (Phi) is 10.0. The minimum Gasteiger partial charge on any atom is -0.504 e. The van der Waals surface area contributed by atoms with Crippen LogP contribution >= 0.6 is 36.4 Å². The summed E-state index contributed by atoms with van der Waals surface area (Å²) in [5.74, 6) is -1.72. The highest BCUT2D eigenvalue weighted by atomic mass is 35.5. The lowest BCUT2D eigenvalue weighted by molar-refractivity contribution is -0.123. The Labute approximate surface area is 244 Å². The zero-order valence-electron chi connectivity index (χ0n) is 21.5. The summed E-state index contributed by atoms with van der Waals surface area (Å²) < 4.78 is 14.2. The van der Waals surface area contributed by atoms with Crippen molar-refractivity contribution in [2.45, 2.75) is 63.6 Å². The fourth-order valence-electron chi connectivity index (χ4n) is 5.81. The number of hydrogen-bond donors (Lipinski definition) is 3. The van der Waals surface area contributed by atoms with Gasteiger partial charge in [-0.05, 0) is 87.4 Å². The number of nitrogens with one attached hydrogen (secondary N) is 1. The third-order valence-electron chi connectivity index (χ3n) is 7.73. The first-order valence-corrected chi connectivity index (χ1v) is 13.0. The van der Waals surface area contributed by atoms with Gasteiger partial charge in [0.1, 0.15) is 0 Å². The third-order valence-corrected chi connectivity index (χ3v) is 8.02. The maximum absolute atomic E-state index is 14.2. The van der Waals surface area contributed by atoms with Crippen LogP contribution in [0.15, 0.2) is 36.5 Å². The second-order valence-corrected chi connectivity index (χ2v) is 10.5. The molecular weight excluding hydrogens is 566 g/mol. The fourth-order valence-corrected chi connectivity index (χ4v) is 6.02. The zero-order chi connectivity index (χ0) is 26.3. The number of primary amides is 1. The van der Waals surface area contributed by atoms with Crippen molar-refractivity contribution in [3.05, 3.63) is 52.9 Å². The van der Waals surface area contributed by atoms with Crippen molar-refractivity contribution in [3.63, 3.8) is 0 Å². The van der Waals surface area contributed by atoms with Crippen LogP contribution in [-0.4, -0.2) is 51.4 Å². The number of nitrogens with two attached hydrogens (primary N) is 1. The number of ketones is 1. The van der Waals surface area contributed by atoms with E-state index in [4.69, 9.17) is 17.3 Å². The summed E-state index contributed by atoms with van der Waals surface area (Å²) in [5, 5.41) is 14.0. The summed E-state index contributed by atoms with van der Waals surface area (Å²) in [6.45, 7) is 2.42. The van der Waals surface area contributed by atoms with Crippen molar-refractivity contribution in [2.24, 2.45) is 5.73 Å². The zero-order valence-corrected chi connectivity index (χ0v) is 23.8. The van der Waals surface area contributed by atoms with Gasteiger partial charge in [0, 0.05) is 23.7 Å². The van der Waals surface area contributed by atoms with E-state index in [9.17, 15) is 19.1 Å². The molecule has 4 N–H and O–H groups in total. The van der Waals surface area contributed by atoms with Crippen LogP contribution in [0.4, 0.5) is 10.1 Å². The minimum atomic E-state index is -0.801. The average Bonchev–Trinajstić information content (AvgIpc) is 3.38. The van der Waals surface area contributed by atoms with Gasteiger partial charge in [0.05, 0.1) is 27.8 Å². The molecule has 0 bridgehead atoms. The normalized spacial score (nSPS) is 21.2. The number of phenolic OH excluding ortho intramolecular Hbond substituents is 1. The van der Waals surface area contributed by atoms with E-state index >= 15 is 0 Å². The molecule has 1 aliphatic heterocycles. The molecule has 0 spiro atoms. The van der Waals surface area contributed by atoms with E-state index in [-0.39, 0.29) is 53.6 Å². The number of rotatable bonds is 6. The van der Waals surface area contributed by atoms with Crippen molar-refractivity contribution in [1.82, 2.24) is 9.88 Å². The number of anilines is 1. The first-order chi connectivity index (χ1) is 17.7. The number of Topliss-reactive ketones (excluding diaryl/α,β-unsaturated/α-hetero) is 1. The molecule has 2 heterocycles. The minimum absolute atomic E-state index is 0. The van der Waals surface area contributed by atoms with Crippen molar-refractivity contribution in [2.75, 3.05) is 11.9 Å². The van der Waals surface area contributed by atoms with Crippen LogP contribution in [-0.2, 0) is 4.79 Å². The SMILES string of the molecule is CC(=O)c1cnc2ccc(-c3cc(F)c(O)c(Cl)c3)cc2c1NC1CCC(N2CCC[C@H]2C(N)=O)CC1.Cl.Cl. The van der Waals surface area contributed by atoms with Crippen LogP contribution in [0.25, 0.3) is 22.0 Å². The first-order valence-electron chi connectivity index (χ1n) is 12.7. The van der Waals surface area contributed by atoms with Crippen molar-refractivity contribution in [3.8, 4) is 16.9 Å². The standard InChI is InChI=1S/C28H30ClFN4O3.2ClH/c1-15(35)21-14-32-24-9-4-16(17-12-22(29)27(36)23(30)13-17)11-20(24)26(21)33-18-5-7-19(8-6-18)34-10-2-3-25(34)28(31)37;;/h4,9,11-14,18-19,25,36H,2-3,5-8,10H2,1H3,(H2,31,37)(H,32,33);2*1H/t18?,19?,25-;;/m0../s1. The van der Waals surface area contributed by atoms with Crippen molar-refractivity contribution < 1.29 is 19.1 Å². The molecule has 11 heteroatoms. The predicted molar refractivity (Wildman–Crippen MR) is 157 cm³/mol. The van der Waals surface area contributed by atoms with Gasteiger partial charge >= 0.3 is 0 Å². The van der Waals surface area contributed by atoms with E-state index in [1.807, 2.05) is 18.2 Å². The van der Waals surface area contributed by atoms with Crippen LogP contribution < -0.4 is 11.1 Å². The molecular formula is C28H32Cl3FN4O3. The summed E-state index contributed by atoms with van der Waals surface area (Å²) in [4.78, 5) is 31.1. The van der Waals surface area contributed by atoms with Gasteiger partial charge in [-0.1, -0.05) is 17.7 Å². The number of halogens is 4. The number of pyridine rings is 1. The van der Waals surface area contributed by atoms with Crippen LogP contribution in [0.2, 0.25) is 5.02 Å². The average molecular weight is 598 g/mol. The number of carbonyl (C=O) groups is 2. The second kappa shape index (κ2) is 12.7. The smallest absolute Gasteiger partial charge is 0.234 e. The highest BCUT2D eigenvalue weighted by molar-refractivity contribution is 6.32. The lowest BCUT2D eigenvalue weighted by Gasteiger charge is -2.37. The number of aromatic hydroxyl groups is 1. The molecule has 7 nitrogen and oxygen atoms in total. The molecule has 3 aromatic rings. The number of fused-ring (bicyclic) bond motifs is 1. The molecule has 1 aromatic heterocycles. The lowest BCUT2D eigenvalue weighted by atomic mass is 9.89. The summed E-state index contributed by atoms with van der Waals surface area (Å²) in [6.07, 6.45) is 7.09. The largest absolute Gasteiger partial charge is 0.504 e. The lowest BCUT2D eigenvalue weighted by Crippen LogP contribution is -2.48. The fraction of sp³-hybridized carbons (Fsp3) is 0.393. The molecule has 0 unspecified atom stereocenters. The molecule has 210 valence electrons. The molecule has 5 rings (SSSR count). The number of benzene rings is 2. The van der Waals surface area contributed by atoms with Gasteiger partial charge in [-0.15, -0.1) is 24.8 Å². The van der Waals surface area contributed by atoms with Crippen LogP contribution in [0.5, 0.6) is 5.75 Å². The molecule has 1 amide bonds. The van der Waals surface area contributed by atoms with E-state index in [1.165, 1.54) is 19.1 Å². The Morgan fingerprint density at radius 2 is 1.82 bits per heavy atom. The molecule has 1 aliphatic carbocycles. The summed E-state index contributed by atoms with van der Waals surface area (Å²) in [5.41, 5.74) is 8.74. The Morgan fingerprint density at radius 1 is 1.10 bits per heavy atom. The van der Waals surface area contributed by atoms with Gasteiger partial charge in [0.2, 0.25) is 5.91 Å². The van der Waals surface area contributed by atoms with Gasteiger partial charge in [-0.2, -0.15) is 0 Å². The Balaban J connectivity index is 0.00000210. The van der Waals surface area contributed by atoms with E-state index < -0.39 is 11.6 Å². The summed E-state index contributed by atoms with van der Waals surface area (Å²) in [6, 6.07) is 8.56. The summed E-state index contributed by atoms with van der Waals surface area (Å²) >= 11 is 6.01. The first kappa shape index (κ1) is 30.9. The number of hydrogen-bond acceptors (Lipinski definition) is 6. The molecule has 1 saturated carbocycles. The Hall–Kier alpha value is -2.65. The van der Waals surface area contributed by atoms with Gasteiger partial charge in [-0.3, -0.25) is 19.5 Å². The predicted octanol–water partition coefficient (Wildman–Crippen LogP) is 6.12. The summed E-state index contributed by atoms with van der Waals surface area (Å²) in [7, 11) is 0. The number of aromatic nitrogens is 1. The van der Waals surface area contributed by atoms with Gasteiger partial charge in [0.15, 0.2) is 17.3 Å². The number of nitrogens with zero attached hydrogens (tertiary/aromatic N) is 2. The van der Waals surface area contributed by atoms with Gasteiger partial charge in [-0.25, -0.2) is 4.39 Å². The molecule has 2 aromatic carbocycles. The molecule has 2 fully saturated rings. The van der Waals surface area contributed by atoms with E-state index in [2.05, 4.69) is 15.2 Å². The highest BCUT2D eigenvalue weighted by Gasteiger charge is 2.36. The Bertz CT molecular complexity index is 1360. The van der Waals surface area contributed by atoms with Gasteiger partial charge < -0.3 is 16.2 Å². The van der Waals surface area contributed by atoms with Crippen LogP contribution in [0.1, 0.15) is 55.8 Å². The number of carbonyl (C=O) groups excluding carboxylic acids is 2. The maximum atomic E-state index is 14.2. The van der Waals surface area contributed by atoms with E-state index in [0.717, 1.165) is 50.5 Å². The quantitative estimate of drug-likeness (QED) is 0.296. The molecule has 2 aliphatic rings. The van der Waals surface area contributed by atoms with Crippen LogP contribution in [0, 0.1) is 5.82 Å². The van der Waals surface area contributed by atoms with E-state index in [1.54, 1.807) is 6.20 Å². The highest BCUT2D eigenvalue weighted by Crippen LogP contribution is 2.37. The second-order valence-electron chi connectivity index (χ2n) is 10.1. The Morgan fingerprint density at radius 3 is 2.46 bits per heavy atom. The molecule has 1 atom stereocenters. The molecule has 0 radical (unpaired) electrons. The number of phenols is 1. The number of likely N-dealkylation sites (tertiary alicyclic amines) is 1. The topological polar surface area (TPSA) is 109 Å². The van der Waals surface area contributed by atoms with Crippen molar-refractivity contribution >= 4 is 64.7 Å². The number of amides is 1. The molecule has 1 saturated heterocycles. The van der Waals surface area contributed by atoms with Crippen molar-refractivity contribution in [1.29, 1.82) is 0 Å². The van der Waals surface area contributed by atoms with E-state index in [0.29, 0.717) is 33.9 Å². The van der Waals surface area contributed by atoms with Crippen LogP contribution in [0.3, 0.4) is 0 Å². The monoisotopic (exact) mass is 596 g/mol. The molecule has 39 heavy (non-hydrogen) atoms.